The molecule has 2 aliphatic rings. The molecule has 0 bridgehead atoms. The van der Waals surface area contributed by atoms with Gasteiger partial charge in [-0.15, -0.1) is 0 Å². The Morgan fingerprint density at radius 1 is 1.10 bits per heavy atom. The van der Waals surface area contributed by atoms with Gasteiger partial charge in [-0.3, -0.25) is 9.59 Å². The predicted molar refractivity (Wildman–Crippen MR) is 104 cm³/mol. The SMILES string of the molecule is COC(=O)C1=C(NC2CCCCC2)Oc2cc(O)c(C(C)=O)c(O)c2C1C(=O)OC. The number of benzene rings is 1. The molecule has 1 aliphatic carbocycles. The lowest BCUT2D eigenvalue weighted by Crippen LogP contribution is -2.38. The molecule has 1 atom stereocenters. The molecule has 1 saturated carbocycles. The monoisotopic (exact) mass is 419 g/mol. The fourth-order valence-electron chi connectivity index (χ4n) is 4.01. The van der Waals surface area contributed by atoms with Crippen LogP contribution in [0.1, 0.15) is 60.9 Å². The van der Waals surface area contributed by atoms with Crippen molar-refractivity contribution in [2.75, 3.05) is 14.2 Å². The third-order valence-electron chi connectivity index (χ3n) is 5.45. The van der Waals surface area contributed by atoms with E-state index in [4.69, 9.17) is 14.2 Å². The molecule has 1 unspecified atom stereocenters. The van der Waals surface area contributed by atoms with E-state index in [1.807, 2.05) is 0 Å². The second-order valence-corrected chi connectivity index (χ2v) is 7.36. The van der Waals surface area contributed by atoms with Gasteiger partial charge >= 0.3 is 11.9 Å². The van der Waals surface area contributed by atoms with E-state index >= 15 is 0 Å². The van der Waals surface area contributed by atoms with Crippen LogP contribution < -0.4 is 10.1 Å². The number of esters is 2. The molecule has 9 heteroatoms. The van der Waals surface area contributed by atoms with E-state index < -0.39 is 35.1 Å². The van der Waals surface area contributed by atoms with Gasteiger partial charge in [-0.2, -0.15) is 0 Å². The lowest BCUT2D eigenvalue weighted by Gasteiger charge is -2.32. The zero-order valence-electron chi connectivity index (χ0n) is 17.1. The Labute approximate surface area is 173 Å². The molecule has 1 aromatic carbocycles. The highest BCUT2D eigenvalue weighted by atomic mass is 16.5. The zero-order valence-corrected chi connectivity index (χ0v) is 17.1. The van der Waals surface area contributed by atoms with Crippen LogP contribution in [0.15, 0.2) is 17.5 Å². The number of hydrogen-bond acceptors (Lipinski definition) is 9. The molecule has 1 aromatic rings. The van der Waals surface area contributed by atoms with Crippen molar-refractivity contribution in [3.63, 3.8) is 0 Å². The van der Waals surface area contributed by atoms with Gasteiger partial charge in [0.1, 0.15) is 34.3 Å². The van der Waals surface area contributed by atoms with Gasteiger partial charge in [0.15, 0.2) is 5.78 Å². The van der Waals surface area contributed by atoms with Crippen molar-refractivity contribution in [2.24, 2.45) is 0 Å². The van der Waals surface area contributed by atoms with E-state index in [9.17, 15) is 24.6 Å². The standard InChI is InChI=1S/C21H25NO8/c1-10(23)14-12(24)9-13-15(18(14)25)16(20(26)28-2)17(21(27)29-3)19(30-13)22-11-7-5-4-6-8-11/h9,11,16,22,24-25H,4-8H2,1-3H3. The van der Waals surface area contributed by atoms with Crippen LogP contribution in [0.3, 0.4) is 0 Å². The first-order valence-electron chi connectivity index (χ1n) is 9.74. The number of fused-ring (bicyclic) bond motifs is 1. The van der Waals surface area contributed by atoms with Crippen LogP contribution in [0, 0.1) is 0 Å². The third-order valence-corrected chi connectivity index (χ3v) is 5.45. The summed E-state index contributed by atoms with van der Waals surface area (Å²) in [6.07, 6.45) is 4.86. The second kappa shape index (κ2) is 8.64. The summed E-state index contributed by atoms with van der Waals surface area (Å²) in [5.74, 6) is -4.92. The van der Waals surface area contributed by atoms with E-state index in [0.29, 0.717) is 0 Å². The van der Waals surface area contributed by atoms with Crippen LogP contribution in [0.25, 0.3) is 0 Å². The Kier molecular flexibility index (Phi) is 6.19. The third kappa shape index (κ3) is 3.79. The van der Waals surface area contributed by atoms with Gasteiger partial charge in [0, 0.05) is 12.1 Å². The van der Waals surface area contributed by atoms with Gasteiger partial charge in [0.05, 0.1) is 19.8 Å². The van der Waals surface area contributed by atoms with Crippen molar-refractivity contribution in [2.45, 2.75) is 51.0 Å². The molecule has 0 amide bonds. The molecule has 0 aromatic heterocycles. The Balaban J connectivity index is 2.20. The average Bonchev–Trinajstić information content (AvgIpc) is 2.72. The summed E-state index contributed by atoms with van der Waals surface area (Å²) in [6.45, 7) is 1.16. The maximum Gasteiger partial charge on any atom is 0.340 e. The Bertz CT molecular complexity index is 914. The lowest BCUT2D eigenvalue weighted by molar-refractivity contribution is -0.145. The number of phenols is 2. The van der Waals surface area contributed by atoms with Crippen molar-refractivity contribution in [3.05, 3.63) is 28.6 Å². The number of nitrogens with one attached hydrogen (secondary N) is 1. The summed E-state index contributed by atoms with van der Waals surface area (Å²) in [5.41, 5.74) is -0.684. The van der Waals surface area contributed by atoms with Crippen molar-refractivity contribution in [3.8, 4) is 17.2 Å². The van der Waals surface area contributed by atoms with Gasteiger partial charge in [0.25, 0.3) is 0 Å². The van der Waals surface area contributed by atoms with Gasteiger partial charge in [0.2, 0.25) is 5.88 Å². The predicted octanol–water partition coefficient (Wildman–Crippen LogP) is 2.26. The molecular weight excluding hydrogens is 394 g/mol. The summed E-state index contributed by atoms with van der Waals surface area (Å²) in [4.78, 5) is 37.3. The molecule has 3 N–H and O–H groups in total. The van der Waals surface area contributed by atoms with Crippen molar-refractivity contribution >= 4 is 17.7 Å². The fraction of sp³-hybridized carbons (Fsp3) is 0.476. The summed E-state index contributed by atoms with van der Waals surface area (Å²) in [7, 11) is 2.30. The van der Waals surface area contributed by atoms with Crippen molar-refractivity contribution < 1.29 is 38.8 Å². The fourth-order valence-corrected chi connectivity index (χ4v) is 4.01. The highest BCUT2D eigenvalue weighted by Crippen LogP contribution is 2.49. The highest BCUT2D eigenvalue weighted by molar-refractivity contribution is 6.04. The van der Waals surface area contributed by atoms with E-state index in [1.54, 1.807) is 0 Å². The number of carbonyl (C=O) groups excluding carboxylic acids is 3. The number of methoxy groups -OCH3 is 2. The molecule has 0 saturated heterocycles. The molecule has 1 heterocycles. The molecule has 162 valence electrons. The molecule has 0 spiro atoms. The van der Waals surface area contributed by atoms with Crippen LogP contribution in [0.4, 0.5) is 0 Å². The smallest absolute Gasteiger partial charge is 0.340 e. The van der Waals surface area contributed by atoms with Gasteiger partial charge in [-0.25, -0.2) is 4.79 Å². The minimum atomic E-state index is -1.41. The topological polar surface area (TPSA) is 131 Å². The van der Waals surface area contributed by atoms with Crippen LogP contribution in [0.2, 0.25) is 0 Å². The zero-order chi connectivity index (χ0) is 22.0. The van der Waals surface area contributed by atoms with Crippen LogP contribution >= 0.6 is 0 Å². The van der Waals surface area contributed by atoms with Gasteiger partial charge < -0.3 is 29.7 Å². The maximum atomic E-state index is 12.7. The number of rotatable bonds is 5. The Morgan fingerprint density at radius 2 is 1.77 bits per heavy atom. The summed E-state index contributed by atoms with van der Waals surface area (Å²) >= 11 is 0. The molecule has 1 fully saturated rings. The quantitative estimate of drug-likeness (QED) is 0.486. The normalized spacial score (nSPS) is 18.8. The van der Waals surface area contributed by atoms with Crippen LogP contribution in [0.5, 0.6) is 17.2 Å². The van der Waals surface area contributed by atoms with Crippen molar-refractivity contribution in [1.29, 1.82) is 0 Å². The molecular formula is C21H25NO8. The van der Waals surface area contributed by atoms with Gasteiger partial charge in [-0.05, 0) is 19.8 Å². The first-order valence-corrected chi connectivity index (χ1v) is 9.74. The molecule has 30 heavy (non-hydrogen) atoms. The number of Topliss-reactive ketones (excluding diaryl/α,β-unsaturated/α-hetero) is 1. The number of ether oxygens (including phenoxy) is 3. The molecule has 9 nitrogen and oxygen atoms in total. The number of aromatic hydroxyl groups is 2. The summed E-state index contributed by atoms with van der Waals surface area (Å²) in [5, 5.41) is 24.1. The number of hydrogen-bond donors (Lipinski definition) is 3. The van der Waals surface area contributed by atoms with Crippen molar-refractivity contribution in [1.82, 2.24) is 5.32 Å². The summed E-state index contributed by atoms with van der Waals surface area (Å²) in [6, 6.07) is 1.16. The molecule has 3 rings (SSSR count). The van der Waals surface area contributed by atoms with Crippen LogP contribution in [-0.4, -0.2) is 48.2 Å². The average molecular weight is 419 g/mol. The van der Waals surface area contributed by atoms with E-state index in [0.717, 1.165) is 59.3 Å². The van der Waals surface area contributed by atoms with E-state index in [-0.39, 0.29) is 34.4 Å². The second-order valence-electron chi connectivity index (χ2n) is 7.36. The maximum absolute atomic E-state index is 12.7. The number of carbonyl (C=O) groups is 3. The number of phenolic OH excluding ortho intramolecular Hbond substituents is 2. The summed E-state index contributed by atoms with van der Waals surface area (Å²) < 4.78 is 15.6. The number of ketones is 1. The van der Waals surface area contributed by atoms with Crippen LogP contribution in [-0.2, 0) is 19.1 Å². The Hall–Kier alpha value is -3.23. The highest BCUT2D eigenvalue weighted by Gasteiger charge is 2.44. The van der Waals surface area contributed by atoms with Gasteiger partial charge in [-0.1, -0.05) is 19.3 Å². The minimum Gasteiger partial charge on any atom is -0.507 e. The molecule has 1 aliphatic heterocycles. The lowest BCUT2D eigenvalue weighted by atomic mass is 9.85. The van der Waals surface area contributed by atoms with E-state index in [1.165, 1.54) is 0 Å². The van der Waals surface area contributed by atoms with E-state index in [2.05, 4.69) is 5.32 Å². The first kappa shape index (κ1) is 21.5. The first-order chi connectivity index (χ1) is 14.3. The largest absolute Gasteiger partial charge is 0.507 e. The molecule has 0 radical (unpaired) electrons. The Morgan fingerprint density at radius 3 is 2.33 bits per heavy atom. The minimum absolute atomic E-state index is 0.00558.